The Hall–Kier alpha value is -2.74. The van der Waals surface area contributed by atoms with E-state index < -0.39 is 0 Å². The number of rotatable bonds is 3. The molecule has 7 nitrogen and oxygen atoms in total. The number of hydrogen-bond donors (Lipinski definition) is 2. The van der Waals surface area contributed by atoms with Gasteiger partial charge in [-0.25, -0.2) is 9.50 Å². The summed E-state index contributed by atoms with van der Waals surface area (Å²) in [6.45, 7) is 1.63. The highest BCUT2D eigenvalue weighted by Crippen LogP contribution is 2.18. The van der Waals surface area contributed by atoms with Gasteiger partial charge in [0.2, 0.25) is 0 Å². The second-order valence-corrected chi connectivity index (χ2v) is 5.12. The Balaban J connectivity index is 1.85. The van der Waals surface area contributed by atoms with Crippen molar-refractivity contribution in [3.63, 3.8) is 0 Å². The van der Waals surface area contributed by atoms with Crippen LogP contribution in [0.5, 0.6) is 0 Å². The van der Waals surface area contributed by atoms with Crippen molar-refractivity contribution in [2.45, 2.75) is 6.92 Å². The summed E-state index contributed by atoms with van der Waals surface area (Å²) in [5.74, 6) is -0.282. The van der Waals surface area contributed by atoms with Gasteiger partial charge in [0.15, 0.2) is 5.13 Å². The molecule has 2 N–H and O–H groups in total. The molecule has 3 aromatic rings. The summed E-state index contributed by atoms with van der Waals surface area (Å²) in [6, 6.07) is 5.50. The molecule has 8 heteroatoms. The SMILES string of the molecule is C/C(=N/O)c1csc(NC(=O)c2cnn3ccccc23)n1. The largest absolute Gasteiger partial charge is 0.411 e. The maximum absolute atomic E-state index is 12.3. The quantitative estimate of drug-likeness (QED) is 0.441. The van der Waals surface area contributed by atoms with Gasteiger partial charge in [-0.2, -0.15) is 5.10 Å². The molecule has 1 amide bonds. The maximum atomic E-state index is 12.3. The fourth-order valence-electron chi connectivity index (χ4n) is 1.82. The first-order valence-electron chi connectivity index (χ1n) is 6.07. The fraction of sp³-hybridized carbons (Fsp3) is 0.0769. The minimum Gasteiger partial charge on any atom is -0.411 e. The molecule has 0 bridgehead atoms. The van der Waals surface area contributed by atoms with E-state index in [-0.39, 0.29) is 5.91 Å². The van der Waals surface area contributed by atoms with Gasteiger partial charge in [0.05, 0.1) is 17.3 Å². The lowest BCUT2D eigenvalue weighted by molar-refractivity contribution is 0.102. The maximum Gasteiger partial charge on any atom is 0.261 e. The van der Waals surface area contributed by atoms with Crippen LogP contribution in [-0.2, 0) is 0 Å². The zero-order chi connectivity index (χ0) is 14.8. The van der Waals surface area contributed by atoms with Crippen LogP contribution in [0.3, 0.4) is 0 Å². The number of pyridine rings is 1. The third-order valence-corrected chi connectivity index (χ3v) is 3.67. The molecule has 3 aromatic heterocycles. The van der Waals surface area contributed by atoms with Crippen molar-refractivity contribution in [3.8, 4) is 0 Å². The third kappa shape index (κ3) is 2.48. The van der Waals surface area contributed by atoms with Crippen molar-refractivity contribution >= 4 is 33.6 Å². The lowest BCUT2D eigenvalue weighted by Crippen LogP contribution is -2.11. The van der Waals surface area contributed by atoms with Gasteiger partial charge in [-0.15, -0.1) is 11.3 Å². The number of oxime groups is 1. The van der Waals surface area contributed by atoms with Crippen molar-refractivity contribution in [1.82, 2.24) is 14.6 Å². The molecule has 0 fully saturated rings. The zero-order valence-corrected chi connectivity index (χ0v) is 11.8. The minimum absolute atomic E-state index is 0.282. The number of thiazole rings is 1. The Morgan fingerprint density at radius 2 is 2.33 bits per heavy atom. The number of carbonyl (C=O) groups is 1. The Labute approximate surface area is 123 Å². The van der Waals surface area contributed by atoms with Crippen molar-refractivity contribution in [1.29, 1.82) is 0 Å². The summed E-state index contributed by atoms with van der Waals surface area (Å²) >= 11 is 1.26. The highest BCUT2D eigenvalue weighted by Gasteiger charge is 2.14. The summed E-state index contributed by atoms with van der Waals surface area (Å²) in [6.07, 6.45) is 3.29. The third-order valence-electron chi connectivity index (χ3n) is 2.92. The molecule has 3 heterocycles. The molecule has 0 atom stereocenters. The first kappa shape index (κ1) is 13.3. The fourth-order valence-corrected chi connectivity index (χ4v) is 2.57. The Morgan fingerprint density at radius 1 is 1.48 bits per heavy atom. The van der Waals surface area contributed by atoms with Crippen LogP contribution >= 0.6 is 11.3 Å². The van der Waals surface area contributed by atoms with Crippen LogP contribution in [0.25, 0.3) is 5.52 Å². The molecule has 0 saturated carbocycles. The lowest BCUT2D eigenvalue weighted by Gasteiger charge is -1.99. The molecule has 0 saturated heterocycles. The molecule has 0 aliphatic rings. The molecule has 0 aliphatic heterocycles. The Morgan fingerprint density at radius 3 is 3.14 bits per heavy atom. The molecular weight excluding hydrogens is 290 g/mol. The predicted octanol–water partition coefficient (Wildman–Crippen LogP) is 2.24. The first-order chi connectivity index (χ1) is 10.2. The van der Waals surface area contributed by atoms with E-state index in [0.29, 0.717) is 22.1 Å². The molecule has 0 aliphatic carbocycles. The van der Waals surface area contributed by atoms with Gasteiger partial charge in [0, 0.05) is 11.6 Å². The average Bonchev–Trinajstić information content (AvgIpc) is 3.12. The van der Waals surface area contributed by atoms with Gasteiger partial charge >= 0.3 is 0 Å². The van der Waals surface area contributed by atoms with Crippen molar-refractivity contribution in [2.75, 3.05) is 5.32 Å². The van der Waals surface area contributed by atoms with Crippen molar-refractivity contribution < 1.29 is 10.0 Å². The molecule has 21 heavy (non-hydrogen) atoms. The van der Waals surface area contributed by atoms with Crippen LogP contribution in [0.4, 0.5) is 5.13 Å². The summed E-state index contributed by atoms with van der Waals surface area (Å²) in [5.41, 5.74) is 2.11. The first-order valence-corrected chi connectivity index (χ1v) is 6.95. The van der Waals surface area contributed by atoms with Crippen LogP contribution in [0, 0.1) is 0 Å². The number of nitrogens with one attached hydrogen (secondary N) is 1. The van der Waals surface area contributed by atoms with E-state index in [0.717, 1.165) is 5.52 Å². The number of anilines is 1. The van der Waals surface area contributed by atoms with Crippen LogP contribution in [-0.4, -0.2) is 31.4 Å². The highest BCUT2D eigenvalue weighted by molar-refractivity contribution is 7.14. The molecular formula is C13H11N5O2S. The van der Waals surface area contributed by atoms with Crippen LogP contribution < -0.4 is 5.32 Å². The van der Waals surface area contributed by atoms with E-state index >= 15 is 0 Å². The molecule has 0 unspecified atom stereocenters. The van der Waals surface area contributed by atoms with Crippen LogP contribution in [0.1, 0.15) is 23.0 Å². The van der Waals surface area contributed by atoms with E-state index in [1.807, 2.05) is 18.2 Å². The lowest BCUT2D eigenvalue weighted by atomic mass is 10.2. The van der Waals surface area contributed by atoms with Crippen molar-refractivity contribution in [3.05, 3.63) is 47.2 Å². The van der Waals surface area contributed by atoms with Gasteiger partial charge in [-0.3, -0.25) is 10.1 Å². The van der Waals surface area contributed by atoms with Gasteiger partial charge in [-0.1, -0.05) is 11.2 Å². The Kier molecular flexibility index (Phi) is 3.36. The second-order valence-electron chi connectivity index (χ2n) is 4.27. The number of fused-ring (bicyclic) bond motifs is 1. The average molecular weight is 301 g/mol. The van der Waals surface area contributed by atoms with E-state index in [4.69, 9.17) is 5.21 Å². The minimum atomic E-state index is -0.282. The van der Waals surface area contributed by atoms with Gasteiger partial charge in [0.1, 0.15) is 11.4 Å². The number of hydrogen-bond acceptors (Lipinski definition) is 6. The molecule has 3 rings (SSSR count). The zero-order valence-electron chi connectivity index (χ0n) is 11.0. The molecule has 0 radical (unpaired) electrons. The summed E-state index contributed by atoms with van der Waals surface area (Å²) < 4.78 is 1.63. The van der Waals surface area contributed by atoms with E-state index in [9.17, 15) is 4.79 Å². The van der Waals surface area contributed by atoms with E-state index in [1.165, 1.54) is 17.5 Å². The monoisotopic (exact) mass is 301 g/mol. The summed E-state index contributed by atoms with van der Waals surface area (Å²) in [7, 11) is 0. The normalized spacial score (nSPS) is 11.8. The van der Waals surface area contributed by atoms with Gasteiger partial charge < -0.3 is 5.21 Å². The smallest absolute Gasteiger partial charge is 0.261 e. The topological polar surface area (TPSA) is 91.9 Å². The van der Waals surface area contributed by atoms with E-state index in [1.54, 1.807) is 23.0 Å². The predicted molar refractivity (Wildman–Crippen MR) is 79.3 cm³/mol. The number of aromatic nitrogens is 3. The second kappa shape index (κ2) is 5.33. The Bertz CT molecular complexity index is 836. The standard InChI is InChI=1S/C13H11N5O2S/c1-8(17-20)10-7-21-13(15-10)16-12(19)9-6-14-18-5-3-2-4-11(9)18/h2-7,20H,1H3,(H,15,16,19)/b17-8-. The van der Waals surface area contributed by atoms with Crippen LogP contribution in [0.2, 0.25) is 0 Å². The summed E-state index contributed by atoms with van der Waals surface area (Å²) in [4.78, 5) is 16.4. The highest BCUT2D eigenvalue weighted by atomic mass is 32.1. The summed E-state index contributed by atoms with van der Waals surface area (Å²) in [5, 5.41) is 20.8. The molecule has 0 spiro atoms. The number of amides is 1. The van der Waals surface area contributed by atoms with Crippen LogP contribution in [0.15, 0.2) is 41.1 Å². The molecule has 106 valence electrons. The van der Waals surface area contributed by atoms with Gasteiger partial charge in [0.25, 0.3) is 5.91 Å². The van der Waals surface area contributed by atoms with E-state index in [2.05, 4.69) is 20.6 Å². The van der Waals surface area contributed by atoms with Crippen molar-refractivity contribution in [2.24, 2.45) is 5.16 Å². The number of carbonyl (C=O) groups excluding carboxylic acids is 1. The van der Waals surface area contributed by atoms with Gasteiger partial charge in [-0.05, 0) is 19.1 Å². The molecule has 0 aromatic carbocycles. The number of nitrogens with zero attached hydrogens (tertiary/aromatic N) is 4.